The van der Waals surface area contributed by atoms with Crippen molar-refractivity contribution in [3.8, 4) is 0 Å². The highest BCUT2D eigenvalue weighted by atomic mass is 16.2. The van der Waals surface area contributed by atoms with Crippen LogP contribution in [0.15, 0.2) is 24.3 Å². The molecule has 6 heteroatoms. The SMILES string of the molecule is CN(Cc1nnc2n1CCC2)C(=O)N[C@H]1CCc2ccccc21. The lowest BCUT2D eigenvalue weighted by molar-refractivity contribution is 0.201. The number of nitrogens with one attached hydrogen (secondary N) is 1. The van der Waals surface area contributed by atoms with E-state index in [1.165, 1.54) is 11.1 Å². The molecule has 0 unspecified atom stereocenters. The number of benzene rings is 1. The summed E-state index contributed by atoms with van der Waals surface area (Å²) in [4.78, 5) is 14.2. The van der Waals surface area contributed by atoms with Crippen LogP contribution in [-0.4, -0.2) is 32.7 Å². The molecule has 0 radical (unpaired) electrons. The molecule has 2 amide bonds. The van der Waals surface area contributed by atoms with Crippen LogP contribution >= 0.6 is 0 Å². The van der Waals surface area contributed by atoms with Crippen molar-refractivity contribution in [1.29, 1.82) is 0 Å². The van der Waals surface area contributed by atoms with E-state index in [9.17, 15) is 4.79 Å². The largest absolute Gasteiger partial charge is 0.331 e. The van der Waals surface area contributed by atoms with E-state index in [0.717, 1.165) is 43.9 Å². The molecule has 1 aliphatic carbocycles. The molecule has 1 aromatic carbocycles. The highest BCUT2D eigenvalue weighted by Crippen LogP contribution is 2.30. The van der Waals surface area contributed by atoms with Gasteiger partial charge < -0.3 is 14.8 Å². The average molecular weight is 311 g/mol. The van der Waals surface area contributed by atoms with Gasteiger partial charge in [-0.25, -0.2) is 4.79 Å². The number of aryl methyl sites for hydroxylation is 2. The fourth-order valence-electron chi connectivity index (χ4n) is 3.58. The lowest BCUT2D eigenvalue weighted by Gasteiger charge is -2.21. The van der Waals surface area contributed by atoms with Gasteiger partial charge in [0.15, 0.2) is 5.82 Å². The van der Waals surface area contributed by atoms with Gasteiger partial charge in [0.1, 0.15) is 5.82 Å². The van der Waals surface area contributed by atoms with Gasteiger partial charge in [-0.3, -0.25) is 0 Å². The van der Waals surface area contributed by atoms with E-state index in [4.69, 9.17) is 0 Å². The molecule has 0 saturated heterocycles. The number of amides is 2. The molecule has 2 heterocycles. The number of fused-ring (bicyclic) bond motifs is 2. The van der Waals surface area contributed by atoms with Crippen LogP contribution in [0.1, 0.15) is 41.7 Å². The van der Waals surface area contributed by atoms with Gasteiger partial charge in [0.25, 0.3) is 0 Å². The molecule has 1 atom stereocenters. The Bertz CT molecular complexity index is 738. The van der Waals surface area contributed by atoms with Crippen molar-refractivity contribution >= 4 is 6.03 Å². The van der Waals surface area contributed by atoms with E-state index >= 15 is 0 Å². The molecular formula is C17H21N5O. The summed E-state index contributed by atoms with van der Waals surface area (Å²) < 4.78 is 2.13. The van der Waals surface area contributed by atoms with Gasteiger partial charge in [0, 0.05) is 20.0 Å². The van der Waals surface area contributed by atoms with E-state index < -0.39 is 0 Å². The fraction of sp³-hybridized carbons (Fsp3) is 0.471. The van der Waals surface area contributed by atoms with E-state index in [1.807, 2.05) is 13.1 Å². The maximum absolute atomic E-state index is 12.5. The molecule has 6 nitrogen and oxygen atoms in total. The molecule has 120 valence electrons. The fourth-order valence-corrected chi connectivity index (χ4v) is 3.58. The molecule has 0 fully saturated rings. The Morgan fingerprint density at radius 2 is 2.22 bits per heavy atom. The van der Waals surface area contributed by atoms with E-state index in [-0.39, 0.29) is 12.1 Å². The first-order chi connectivity index (χ1) is 11.2. The van der Waals surface area contributed by atoms with Crippen molar-refractivity contribution in [3.05, 3.63) is 47.0 Å². The number of carbonyl (C=O) groups excluding carboxylic acids is 1. The molecule has 4 rings (SSSR count). The minimum absolute atomic E-state index is 0.0537. The normalized spacial score (nSPS) is 18.6. The second-order valence-electron chi connectivity index (χ2n) is 6.38. The number of aromatic nitrogens is 3. The predicted octanol–water partition coefficient (Wildman–Crippen LogP) is 2.05. The van der Waals surface area contributed by atoms with Gasteiger partial charge in [-0.1, -0.05) is 24.3 Å². The highest BCUT2D eigenvalue weighted by molar-refractivity contribution is 5.74. The second-order valence-corrected chi connectivity index (χ2v) is 6.38. The molecule has 0 saturated carbocycles. The molecule has 23 heavy (non-hydrogen) atoms. The van der Waals surface area contributed by atoms with Crippen LogP contribution in [0, 0.1) is 0 Å². The third-order valence-electron chi connectivity index (χ3n) is 4.84. The Kier molecular flexibility index (Phi) is 3.52. The molecule has 2 aliphatic rings. The molecule has 1 N–H and O–H groups in total. The first-order valence-corrected chi connectivity index (χ1v) is 8.23. The number of urea groups is 1. The van der Waals surface area contributed by atoms with Crippen molar-refractivity contribution in [2.45, 2.75) is 44.8 Å². The highest BCUT2D eigenvalue weighted by Gasteiger charge is 2.25. The zero-order valence-corrected chi connectivity index (χ0v) is 13.3. The Labute approximate surface area is 135 Å². The summed E-state index contributed by atoms with van der Waals surface area (Å²) in [5.74, 6) is 1.92. The molecule has 1 aromatic heterocycles. The monoisotopic (exact) mass is 311 g/mol. The second kappa shape index (κ2) is 5.68. The lowest BCUT2D eigenvalue weighted by atomic mass is 10.1. The minimum Gasteiger partial charge on any atom is -0.331 e. The number of hydrogen-bond donors (Lipinski definition) is 1. The zero-order valence-electron chi connectivity index (χ0n) is 13.3. The van der Waals surface area contributed by atoms with Gasteiger partial charge in [0.2, 0.25) is 0 Å². The van der Waals surface area contributed by atoms with E-state index in [2.05, 4.69) is 38.3 Å². The molecule has 0 bridgehead atoms. The first kappa shape index (κ1) is 14.2. The van der Waals surface area contributed by atoms with Crippen LogP contribution in [0.2, 0.25) is 0 Å². The lowest BCUT2D eigenvalue weighted by Crippen LogP contribution is -2.39. The summed E-state index contributed by atoms with van der Waals surface area (Å²) in [6.07, 6.45) is 4.11. The Morgan fingerprint density at radius 3 is 3.13 bits per heavy atom. The van der Waals surface area contributed by atoms with Crippen molar-refractivity contribution in [1.82, 2.24) is 25.0 Å². The predicted molar refractivity (Wildman–Crippen MR) is 85.8 cm³/mol. The number of nitrogens with zero attached hydrogens (tertiary/aromatic N) is 4. The molecule has 2 aromatic rings. The van der Waals surface area contributed by atoms with E-state index in [0.29, 0.717) is 6.54 Å². The Hall–Kier alpha value is -2.37. The van der Waals surface area contributed by atoms with Gasteiger partial charge in [-0.2, -0.15) is 0 Å². The minimum atomic E-state index is -0.0537. The molecular weight excluding hydrogens is 290 g/mol. The maximum Gasteiger partial charge on any atom is 0.318 e. The van der Waals surface area contributed by atoms with Crippen molar-refractivity contribution in [2.24, 2.45) is 0 Å². The van der Waals surface area contributed by atoms with Crippen LogP contribution in [0.25, 0.3) is 0 Å². The Morgan fingerprint density at radius 1 is 1.35 bits per heavy atom. The van der Waals surface area contributed by atoms with Gasteiger partial charge in [-0.15, -0.1) is 10.2 Å². The smallest absolute Gasteiger partial charge is 0.318 e. The summed E-state index contributed by atoms with van der Waals surface area (Å²) in [7, 11) is 1.81. The third kappa shape index (κ3) is 2.58. The third-order valence-corrected chi connectivity index (χ3v) is 4.84. The topological polar surface area (TPSA) is 63.1 Å². The van der Waals surface area contributed by atoms with Crippen molar-refractivity contribution in [2.75, 3.05) is 7.05 Å². The average Bonchev–Trinajstić information content (AvgIpc) is 3.25. The molecule has 1 aliphatic heterocycles. The summed E-state index contributed by atoms with van der Waals surface area (Å²) in [6.45, 7) is 1.45. The van der Waals surface area contributed by atoms with Gasteiger partial charge in [0.05, 0.1) is 12.6 Å². The summed E-state index contributed by atoms with van der Waals surface area (Å²) >= 11 is 0. The van der Waals surface area contributed by atoms with Gasteiger partial charge >= 0.3 is 6.03 Å². The van der Waals surface area contributed by atoms with Crippen molar-refractivity contribution in [3.63, 3.8) is 0 Å². The van der Waals surface area contributed by atoms with Crippen LogP contribution in [-0.2, 0) is 25.9 Å². The standard InChI is InChI=1S/C17H21N5O/c1-21(11-16-20-19-15-7-4-10-22(15)16)17(23)18-14-9-8-12-5-2-3-6-13(12)14/h2-3,5-6,14H,4,7-11H2,1H3,(H,18,23)/t14-/m0/s1. The number of rotatable bonds is 3. The van der Waals surface area contributed by atoms with Crippen LogP contribution < -0.4 is 5.32 Å². The summed E-state index contributed by atoms with van der Waals surface area (Å²) in [5.41, 5.74) is 2.59. The number of carbonyl (C=O) groups is 1. The van der Waals surface area contributed by atoms with Crippen LogP contribution in [0.4, 0.5) is 4.79 Å². The summed E-state index contributed by atoms with van der Waals surface area (Å²) in [6, 6.07) is 8.41. The number of hydrogen-bond acceptors (Lipinski definition) is 3. The first-order valence-electron chi connectivity index (χ1n) is 8.23. The van der Waals surface area contributed by atoms with E-state index in [1.54, 1.807) is 4.90 Å². The van der Waals surface area contributed by atoms with Gasteiger partial charge in [-0.05, 0) is 30.4 Å². The summed E-state index contributed by atoms with van der Waals surface area (Å²) in [5, 5.41) is 11.6. The quantitative estimate of drug-likeness (QED) is 0.943. The Balaban J connectivity index is 1.41. The maximum atomic E-state index is 12.5. The van der Waals surface area contributed by atoms with Crippen molar-refractivity contribution < 1.29 is 4.79 Å². The zero-order chi connectivity index (χ0) is 15.8. The van der Waals surface area contributed by atoms with Crippen LogP contribution in [0.5, 0.6) is 0 Å². The van der Waals surface area contributed by atoms with Crippen LogP contribution in [0.3, 0.4) is 0 Å². The molecule has 0 spiro atoms.